The van der Waals surface area contributed by atoms with Crippen LogP contribution < -0.4 is 5.73 Å². The van der Waals surface area contributed by atoms with Crippen LogP contribution >= 0.6 is 0 Å². The van der Waals surface area contributed by atoms with Crippen molar-refractivity contribution < 1.29 is 4.39 Å². The highest BCUT2D eigenvalue weighted by molar-refractivity contribution is 5.21. The van der Waals surface area contributed by atoms with E-state index in [1.807, 2.05) is 6.07 Å². The van der Waals surface area contributed by atoms with Gasteiger partial charge in [0.05, 0.1) is 0 Å². The van der Waals surface area contributed by atoms with E-state index >= 15 is 0 Å². The van der Waals surface area contributed by atoms with E-state index in [1.165, 1.54) is 25.3 Å². The van der Waals surface area contributed by atoms with Gasteiger partial charge in [0.25, 0.3) is 0 Å². The first-order chi connectivity index (χ1) is 7.68. The summed E-state index contributed by atoms with van der Waals surface area (Å²) in [7, 11) is 2.07. The largest absolute Gasteiger partial charge is 0.323 e. The molecule has 1 aliphatic rings. The predicted molar refractivity (Wildman–Crippen MR) is 63.6 cm³/mol. The lowest BCUT2D eigenvalue weighted by Gasteiger charge is -2.36. The van der Waals surface area contributed by atoms with Crippen LogP contribution in [0.3, 0.4) is 0 Å². The fraction of sp³-hybridized carbons (Fsp3) is 0.538. The van der Waals surface area contributed by atoms with E-state index in [1.54, 1.807) is 12.1 Å². The maximum atomic E-state index is 13.5. The number of halogens is 1. The van der Waals surface area contributed by atoms with Crippen LogP contribution in [0.25, 0.3) is 0 Å². The van der Waals surface area contributed by atoms with Crippen molar-refractivity contribution in [2.24, 2.45) is 5.73 Å². The minimum absolute atomic E-state index is 0.197. The molecule has 1 aromatic carbocycles. The van der Waals surface area contributed by atoms with Crippen LogP contribution in [0.4, 0.5) is 4.39 Å². The molecule has 0 aliphatic heterocycles. The lowest BCUT2D eigenvalue weighted by molar-refractivity contribution is 0.151. The van der Waals surface area contributed by atoms with E-state index in [4.69, 9.17) is 5.73 Å². The van der Waals surface area contributed by atoms with Gasteiger partial charge in [-0.25, -0.2) is 4.39 Å². The summed E-state index contributed by atoms with van der Waals surface area (Å²) < 4.78 is 13.5. The van der Waals surface area contributed by atoms with Crippen molar-refractivity contribution in [1.82, 2.24) is 4.90 Å². The zero-order valence-corrected chi connectivity index (χ0v) is 9.70. The monoisotopic (exact) mass is 222 g/mol. The SMILES string of the molecule is CN(CC(N)c1ccccc1F)C1CCC1. The van der Waals surface area contributed by atoms with E-state index in [2.05, 4.69) is 11.9 Å². The van der Waals surface area contributed by atoms with Crippen molar-refractivity contribution in [2.75, 3.05) is 13.6 Å². The highest BCUT2D eigenvalue weighted by atomic mass is 19.1. The predicted octanol–water partition coefficient (Wildman–Crippen LogP) is 2.31. The molecule has 1 unspecified atom stereocenters. The van der Waals surface area contributed by atoms with Gasteiger partial charge in [0.15, 0.2) is 0 Å². The van der Waals surface area contributed by atoms with Crippen LogP contribution in [0.1, 0.15) is 30.9 Å². The molecule has 1 aliphatic carbocycles. The quantitative estimate of drug-likeness (QED) is 0.847. The molecule has 2 rings (SSSR count). The van der Waals surface area contributed by atoms with Gasteiger partial charge in [-0.1, -0.05) is 24.6 Å². The first-order valence-electron chi connectivity index (χ1n) is 5.88. The van der Waals surface area contributed by atoms with Crippen molar-refractivity contribution >= 4 is 0 Å². The molecule has 3 heteroatoms. The average Bonchev–Trinajstić information content (AvgIpc) is 2.15. The third-order valence-electron chi connectivity index (χ3n) is 3.49. The van der Waals surface area contributed by atoms with Crippen LogP contribution in [0.5, 0.6) is 0 Å². The maximum Gasteiger partial charge on any atom is 0.128 e. The Labute approximate surface area is 96.2 Å². The number of benzene rings is 1. The Morgan fingerprint density at radius 2 is 2.12 bits per heavy atom. The van der Waals surface area contributed by atoms with Gasteiger partial charge in [-0.3, -0.25) is 0 Å². The van der Waals surface area contributed by atoms with Gasteiger partial charge in [-0.2, -0.15) is 0 Å². The number of rotatable bonds is 4. The minimum Gasteiger partial charge on any atom is -0.323 e. The third-order valence-corrected chi connectivity index (χ3v) is 3.49. The molecule has 1 saturated carbocycles. The van der Waals surface area contributed by atoms with E-state index in [0.29, 0.717) is 11.6 Å². The summed E-state index contributed by atoms with van der Waals surface area (Å²) >= 11 is 0. The number of hydrogen-bond donors (Lipinski definition) is 1. The molecule has 0 aromatic heterocycles. The van der Waals surface area contributed by atoms with Crippen LogP contribution in [0.15, 0.2) is 24.3 Å². The molecule has 16 heavy (non-hydrogen) atoms. The summed E-state index contributed by atoms with van der Waals surface area (Å²) in [6.07, 6.45) is 3.81. The van der Waals surface area contributed by atoms with Crippen molar-refractivity contribution in [3.8, 4) is 0 Å². The Balaban J connectivity index is 1.96. The Hall–Kier alpha value is -0.930. The summed E-state index contributed by atoms with van der Waals surface area (Å²) in [5.74, 6) is -0.197. The van der Waals surface area contributed by atoms with Gasteiger partial charge < -0.3 is 10.6 Å². The fourth-order valence-electron chi connectivity index (χ4n) is 2.16. The molecule has 0 radical (unpaired) electrons. The zero-order chi connectivity index (χ0) is 11.5. The van der Waals surface area contributed by atoms with Gasteiger partial charge in [0.2, 0.25) is 0 Å². The Morgan fingerprint density at radius 3 is 2.69 bits per heavy atom. The maximum absolute atomic E-state index is 13.5. The van der Waals surface area contributed by atoms with Crippen molar-refractivity contribution in [3.05, 3.63) is 35.6 Å². The standard InChI is InChI=1S/C13H19FN2/c1-16(10-5-4-6-10)9-13(15)11-7-2-3-8-12(11)14/h2-3,7-8,10,13H,4-6,9,15H2,1H3. The van der Waals surface area contributed by atoms with Gasteiger partial charge in [0.1, 0.15) is 5.82 Å². The van der Waals surface area contributed by atoms with Crippen molar-refractivity contribution in [3.63, 3.8) is 0 Å². The van der Waals surface area contributed by atoms with E-state index in [0.717, 1.165) is 6.54 Å². The summed E-state index contributed by atoms with van der Waals surface area (Å²) in [5.41, 5.74) is 6.65. The van der Waals surface area contributed by atoms with E-state index in [-0.39, 0.29) is 11.9 Å². The smallest absolute Gasteiger partial charge is 0.128 e. The molecule has 0 spiro atoms. The molecule has 0 heterocycles. The normalized spacial score (nSPS) is 18.5. The molecule has 2 N–H and O–H groups in total. The summed E-state index contributed by atoms with van der Waals surface area (Å²) in [6, 6.07) is 7.19. The molecule has 0 amide bonds. The Kier molecular flexibility index (Phi) is 3.56. The first kappa shape index (κ1) is 11.6. The Morgan fingerprint density at radius 1 is 1.44 bits per heavy atom. The first-order valence-corrected chi connectivity index (χ1v) is 5.88. The topological polar surface area (TPSA) is 29.3 Å². The van der Waals surface area contributed by atoms with Crippen molar-refractivity contribution in [2.45, 2.75) is 31.3 Å². The molecule has 2 nitrogen and oxygen atoms in total. The number of nitrogens with zero attached hydrogens (tertiary/aromatic N) is 1. The van der Waals surface area contributed by atoms with Gasteiger partial charge in [0, 0.05) is 24.2 Å². The lowest BCUT2D eigenvalue weighted by atomic mass is 9.91. The third kappa shape index (κ3) is 2.42. The van der Waals surface area contributed by atoms with Gasteiger partial charge in [-0.15, -0.1) is 0 Å². The molecular formula is C13H19FN2. The van der Waals surface area contributed by atoms with Crippen molar-refractivity contribution in [1.29, 1.82) is 0 Å². The molecule has 0 bridgehead atoms. The molecule has 0 saturated heterocycles. The van der Waals surface area contributed by atoms with Crippen LogP contribution in [0.2, 0.25) is 0 Å². The highest BCUT2D eigenvalue weighted by Gasteiger charge is 2.24. The van der Waals surface area contributed by atoms with Gasteiger partial charge >= 0.3 is 0 Å². The molecule has 1 aromatic rings. The summed E-state index contributed by atoms with van der Waals surface area (Å²) in [4.78, 5) is 2.25. The second-order valence-corrected chi connectivity index (χ2v) is 4.65. The Bertz CT molecular complexity index is 350. The molecule has 1 atom stereocenters. The zero-order valence-electron chi connectivity index (χ0n) is 9.70. The van der Waals surface area contributed by atoms with Crippen LogP contribution in [-0.2, 0) is 0 Å². The molecular weight excluding hydrogens is 203 g/mol. The fourth-order valence-corrected chi connectivity index (χ4v) is 2.16. The average molecular weight is 222 g/mol. The molecule has 88 valence electrons. The second-order valence-electron chi connectivity index (χ2n) is 4.65. The number of nitrogens with two attached hydrogens (primary N) is 1. The van der Waals surface area contributed by atoms with E-state index < -0.39 is 0 Å². The molecule has 1 fully saturated rings. The number of likely N-dealkylation sites (N-methyl/N-ethyl adjacent to an activating group) is 1. The summed E-state index contributed by atoms with van der Waals surface area (Å²) in [6.45, 7) is 0.728. The summed E-state index contributed by atoms with van der Waals surface area (Å²) in [5, 5.41) is 0. The van der Waals surface area contributed by atoms with Gasteiger partial charge in [-0.05, 0) is 26.0 Å². The lowest BCUT2D eigenvalue weighted by Crippen LogP contribution is -2.41. The second kappa shape index (κ2) is 4.93. The van der Waals surface area contributed by atoms with E-state index in [9.17, 15) is 4.39 Å². The van der Waals surface area contributed by atoms with Crippen LogP contribution in [-0.4, -0.2) is 24.5 Å². The number of hydrogen-bond acceptors (Lipinski definition) is 2. The minimum atomic E-state index is -0.230. The highest BCUT2D eigenvalue weighted by Crippen LogP contribution is 2.25. The van der Waals surface area contributed by atoms with Crippen LogP contribution in [0, 0.1) is 5.82 Å².